The SMILES string of the molecule is Cc1noc(C)c1S(=O)(=O)Nc1ccc2c(c1)C(=O)N([C@@H](C)CO)C[C@H](C)[C@H](CN(C)S(=O)(=O)c1ccc(Cl)cc1)OCCCC[C@H](C)O2. The van der Waals surface area contributed by atoms with Gasteiger partial charge in [0.1, 0.15) is 11.4 Å². The fourth-order valence-corrected chi connectivity index (χ4v) is 8.34. The van der Waals surface area contributed by atoms with Crippen LogP contribution in [-0.4, -0.2) is 93.8 Å². The number of hydrogen-bond donors (Lipinski definition) is 2. The molecule has 0 saturated carbocycles. The number of rotatable bonds is 9. The molecular weight excluding hydrogens is 696 g/mol. The van der Waals surface area contributed by atoms with E-state index in [4.69, 9.17) is 25.6 Å². The second kappa shape index (κ2) is 16.2. The highest BCUT2D eigenvalue weighted by Crippen LogP contribution is 2.31. The van der Waals surface area contributed by atoms with E-state index in [1.807, 2.05) is 13.8 Å². The van der Waals surface area contributed by atoms with Crippen LogP contribution in [-0.2, 0) is 24.8 Å². The summed E-state index contributed by atoms with van der Waals surface area (Å²) in [7, 11) is -6.53. The lowest BCUT2D eigenvalue weighted by atomic mass is 10.0. The summed E-state index contributed by atoms with van der Waals surface area (Å²) < 4.78 is 74.8. The zero-order valence-corrected chi connectivity index (χ0v) is 30.9. The molecule has 2 N–H and O–H groups in total. The van der Waals surface area contributed by atoms with Gasteiger partial charge in [-0.1, -0.05) is 23.7 Å². The summed E-state index contributed by atoms with van der Waals surface area (Å²) >= 11 is 5.98. The molecule has 0 spiro atoms. The fraction of sp³-hybridized carbons (Fsp3) is 0.515. The highest BCUT2D eigenvalue weighted by Gasteiger charge is 2.33. The van der Waals surface area contributed by atoms with Gasteiger partial charge in [-0.25, -0.2) is 16.8 Å². The number of aliphatic hydroxyl groups excluding tert-OH is 1. The Hall–Kier alpha value is -3.21. The maximum absolute atomic E-state index is 14.4. The molecule has 1 aliphatic rings. The van der Waals surface area contributed by atoms with Crippen LogP contribution < -0.4 is 9.46 Å². The van der Waals surface area contributed by atoms with Gasteiger partial charge < -0.3 is 24.0 Å². The maximum atomic E-state index is 14.4. The summed E-state index contributed by atoms with van der Waals surface area (Å²) in [6, 6.07) is 9.73. The number of aliphatic hydroxyl groups is 1. The summed E-state index contributed by atoms with van der Waals surface area (Å²) in [5, 5.41) is 14.4. The van der Waals surface area contributed by atoms with Gasteiger partial charge in [0.2, 0.25) is 10.0 Å². The number of likely N-dealkylation sites (N-methyl/N-ethyl adjacent to an activating group) is 1. The van der Waals surface area contributed by atoms with Gasteiger partial charge in [-0.05, 0) is 89.4 Å². The number of nitrogens with zero attached hydrogens (tertiary/aromatic N) is 3. The van der Waals surface area contributed by atoms with Crippen LogP contribution in [0.15, 0.2) is 56.8 Å². The van der Waals surface area contributed by atoms with Crippen molar-refractivity contribution in [1.82, 2.24) is 14.4 Å². The highest BCUT2D eigenvalue weighted by molar-refractivity contribution is 7.92. The smallest absolute Gasteiger partial charge is 0.267 e. The number of carbonyl (C=O) groups is 1. The fourth-order valence-electron chi connectivity index (χ4n) is 5.65. The van der Waals surface area contributed by atoms with Gasteiger partial charge in [-0.3, -0.25) is 9.52 Å². The highest BCUT2D eigenvalue weighted by atomic mass is 35.5. The third kappa shape index (κ3) is 9.32. The molecule has 270 valence electrons. The van der Waals surface area contributed by atoms with Crippen LogP contribution in [0.5, 0.6) is 5.75 Å². The lowest BCUT2D eigenvalue weighted by Gasteiger charge is -2.35. The minimum absolute atomic E-state index is 0.00535. The average Bonchev–Trinajstić information content (AvgIpc) is 3.40. The minimum Gasteiger partial charge on any atom is -0.490 e. The number of aryl methyl sites for hydroxylation is 2. The van der Waals surface area contributed by atoms with Crippen molar-refractivity contribution in [3.8, 4) is 5.75 Å². The molecule has 0 radical (unpaired) electrons. The number of benzene rings is 2. The van der Waals surface area contributed by atoms with Crippen molar-refractivity contribution >= 4 is 43.2 Å². The summed E-state index contributed by atoms with van der Waals surface area (Å²) in [5.74, 6) is -0.517. The van der Waals surface area contributed by atoms with Gasteiger partial charge in [-0.15, -0.1) is 0 Å². The van der Waals surface area contributed by atoms with E-state index in [1.165, 1.54) is 66.5 Å². The van der Waals surface area contributed by atoms with E-state index in [0.29, 0.717) is 24.5 Å². The molecule has 1 amide bonds. The molecule has 2 heterocycles. The molecule has 0 aliphatic carbocycles. The number of halogens is 1. The molecule has 4 atom stereocenters. The number of ether oxygens (including phenoxy) is 2. The van der Waals surface area contributed by atoms with Crippen molar-refractivity contribution in [2.24, 2.45) is 5.92 Å². The molecule has 0 fully saturated rings. The van der Waals surface area contributed by atoms with Crippen molar-refractivity contribution in [1.29, 1.82) is 0 Å². The van der Waals surface area contributed by atoms with E-state index >= 15 is 0 Å². The predicted octanol–water partition coefficient (Wildman–Crippen LogP) is 4.86. The Morgan fingerprint density at radius 3 is 2.43 bits per heavy atom. The number of anilines is 1. The van der Waals surface area contributed by atoms with Crippen molar-refractivity contribution in [2.45, 2.75) is 81.9 Å². The Balaban J connectivity index is 1.69. The molecule has 16 heteroatoms. The molecule has 0 unspecified atom stereocenters. The van der Waals surface area contributed by atoms with Gasteiger partial charge in [0, 0.05) is 43.4 Å². The molecule has 49 heavy (non-hydrogen) atoms. The van der Waals surface area contributed by atoms with Crippen molar-refractivity contribution < 1.29 is 40.7 Å². The molecule has 0 bridgehead atoms. The maximum Gasteiger partial charge on any atom is 0.267 e. The Bertz CT molecular complexity index is 1800. The van der Waals surface area contributed by atoms with Crippen molar-refractivity contribution in [3.05, 3.63) is 64.5 Å². The molecule has 13 nitrogen and oxygen atoms in total. The van der Waals surface area contributed by atoms with Crippen LogP contribution >= 0.6 is 11.6 Å². The first kappa shape index (κ1) is 38.6. The number of sulfonamides is 2. The topological polar surface area (TPSA) is 169 Å². The van der Waals surface area contributed by atoms with Crippen molar-refractivity contribution in [2.75, 3.05) is 38.1 Å². The van der Waals surface area contributed by atoms with Gasteiger partial charge in [-0.2, -0.15) is 4.31 Å². The van der Waals surface area contributed by atoms with Crippen LogP contribution in [0.4, 0.5) is 5.69 Å². The first-order valence-corrected chi connectivity index (χ1v) is 19.4. The second-order valence-electron chi connectivity index (χ2n) is 12.5. The normalized spacial score (nSPS) is 20.7. The largest absolute Gasteiger partial charge is 0.490 e. The quantitative estimate of drug-likeness (QED) is 0.309. The van der Waals surface area contributed by atoms with Crippen LogP contribution in [0, 0.1) is 19.8 Å². The standard InChI is InChI=1S/C33H45ClN4O9S2/c1-21-18-38(22(2)20-39)33(40)29-17-27(36-48(41,42)32-24(4)35-47-25(32)5)12-15-30(29)46-23(3)9-7-8-16-45-31(21)19-37(6)49(43,44)28-13-10-26(34)11-14-28/h10-15,17,21-23,31,36,39H,7-9,16,18-20H2,1-6H3/t21-,22-,23-,31-/m0/s1. The van der Waals surface area contributed by atoms with Gasteiger partial charge >= 0.3 is 0 Å². The minimum atomic E-state index is -4.12. The van der Waals surface area contributed by atoms with E-state index < -0.39 is 44.0 Å². The van der Waals surface area contributed by atoms with E-state index in [0.717, 1.165) is 6.42 Å². The number of fused-ring (bicyclic) bond motifs is 1. The average molecular weight is 741 g/mol. The summed E-state index contributed by atoms with van der Waals surface area (Å²) in [6.45, 7) is 8.54. The van der Waals surface area contributed by atoms with E-state index in [2.05, 4.69) is 9.88 Å². The molecule has 3 aromatic rings. The Labute approximate surface area is 293 Å². The summed E-state index contributed by atoms with van der Waals surface area (Å²) in [6.07, 6.45) is 1.16. The number of amides is 1. The number of carbonyl (C=O) groups excluding carboxylic acids is 1. The second-order valence-corrected chi connectivity index (χ2v) is 16.6. The van der Waals surface area contributed by atoms with E-state index in [1.54, 1.807) is 13.0 Å². The lowest BCUT2D eigenvalue weighted by molar-refractivity contribution is -0.00833. The third-order valence-electron chi connectivity index (χ3n) is 8.50. The van der Waals surface area contributed by atoms with Crippen molar-refractivity contribution in [3.63, 3.8) is 0 Å². The van der Waals surface area contributed by atoms with Gasteiger partial charge in [0.25, 0.3) is 15.9 Å². The Morgan fingerprint density at radius 2 is 1.80 bits per heavy atom. The number of nitrogens with one attached hydrogen (secondary N) is 1. The first-order chi connectivity index (χ1) is 23.0. The van der Waals surface area contributed by atoms with E-state index in [-0.39, 0.29) is 64.0 Å². The monoisotopic (exact) mass is 740 g/mol. The van der Waals surface area contributed by atoms with Gasteiger partial charge in [0.05, 0.1) is 35.3 Å². The van der Waals surface area contributed by atoms with Gasteiger partial charge in [0.15, 0.2) is 10.7 Å². The predicted molar refractivity (Wildman–Crippen MR) is 185 cm³/mol. The Morgan fingerprint density at radius 1 is 1.10 bits per heavy atom. The molecule has 0 saturated heterocycles. The molecule has 2 aromatic carbocycles. The molecule has 1 aliphatic heterocycles. The summed E-state index contributed by atoms with van der Waals surface area (Å²) in [5.41, 5.74) is 0.400. The molecular formula is C33H45ClN4O9S2. The first-order valence-electron chi connectivity index (χ1n) is 16.1. The van der Waals surface area contributed by atoms with Crippen LogP contribution in [0.25, 0.3) is 0 Å². The van der Waals surface area contributed by atoms with Crippen LogP contribution in [0.2, 0.25) is 5.02 Å². The molecule has 1 aromatic heterocycles. The van der Waals surface area contributed by atoms with Crippen LogP contribution in [0.1, 0.15) is 61.8 Å². The number of aromatic nitrogens is 1. The summed E-state index contributed by atoms with van der Waals surface area (Å²) in [4.78, 5) is 15.9. The molecule has 4 rings (SSSR count). The lowest BCUT2D eigenvalue weighted by Crippen LogP contribution is -2.48. The third-order valence-corrected chi connectivity index (χ3v) is 12.2. The zero-order chi connectivity index (χ0) is 36.1. The van der Waals surface area contributed by atoms with E-state index in [9.17, 15) is 26.7 Å². The van der Waals surface area contributed by atoms with Crippen LogP contribution in [0.3, 0.4) is 0 Å². The number of hydrogen-bond acceptors (Lipinski definition) is 10. The Kier molecular flexibility index (Phi) is 12.8. The zero-order valence-electron chi connectivity index (χ0n) is 28.5.